The molecule has 0 fully saturated rings. The zero-order valence-electron chi connectivity index (χ0n) is 17.4. The van der Waals surface area contributed by atoms with Gasteiger partial charge in [-0.3, -0.25) is 9.78 Å². The van der Waals surface area contributed by atoms with Crippen LogP contribution in [-0.4, -0.2) is 31.8 Å². The number of amides is 1. The van der Waals surface area contributed by atoms with Gasteiger partial charge in [0.2, 0.25) is 5.91 Å². The Bertz CT molecular complexity index is 1210. The molecule has 0 saturated carbocycles. The summed E-state index contributed by atoms with van der Waals surface area (Å²) in [6.45, 7) is 5.98. The van der Waals surface area contributed by atoms with E-state index in [1.165, 1.54) is 17.3 Å². The molecule has 0 atom stereocenters. The second-order valence-corrected chi connectivity index (χ2v) is 9.08. The van der Waals surface area contributed by atoms with E-state index < -0.39 is 0 Å². The van der Waals surface area contributed by atoms with Gasteiger partial charge in [-0.05, 0) is 56.7 Å². The third-order valence-electron chi connectivity index (χ3n) is 4.58. The van der Waals surface area contributed by atoms with Crippen LogP contribution in [0.2, 0.25) is 0 Å². The van der Waals surface area contributed by atoms with Crippen molar-refractivity contribution in [3.8, 4) is 21.1 Å². The van der Waals surface area contributed by atoms with Gasteiger partial charge in [0.05, 0.1) is 16.3 Å². The fourth-order valence-electron chi connectivity index (χ4n) is 3.04. The number of anilines is 1. The van der Waals surface area contributed by atoms with E-state index in [1.54, 1.807) is 23.7 Å². The molecule has 0 radical (unpaired) electrons. The Morgan fingerprint density at radius 2 is 1.97 bits per heavy atom. The SMILES string of the molecule is Cc1ccc(NC(=O)CSc2ccc(-c3sc(-c4cccnc4)nc3C)nn2)c(C)c1. The summed E-state index contributed by atoms with van der Waals surface area (Å²) in [7, 11) is 0. The van der Waals surface area contributed by atoms with E-state index >= 15 is 0 Å². The first-order valence-corrected chi connectivity index (χ1v) is 11.5. The summed E-state index contributed by atoms with van der Waals surface area (Å²) < 4.78 is 0. The van der Waals surface area contributed by atoms with E-state index in [0.717, 1.165) is 38.1 Å². The molecule has 4 aromatic rings. The minimum atomic E-state index is -0.0674. The molecule has 0 aliphatic rings. The maximum atomic E-state index is 12.3. The fraction of sp³-hybridized carbons (Fsp3) is 0.174. The average Bonchev–Trinajstić information content (AvgIpc) is 3.17. The molecule has 0 saturated heterocycles. The van der Waals surface area contributed by atoms with Gasteiger partial charge in [0.1, 0.15) is 15.7 Å². The van der Waals surface area contributed by atoms with Crippen LogP contribution in [0.1, 0.15) is 16.8 Å². The second-order valence-electron chi connectivity index (χ2n) is 7.09. The summed E-state index contributed by atoms with van der Waals surface area (Å²) in [6, 6.07) is 13.7. The van der Waals surface area contributed by atoms with Gasteiger partial charge in [0.25, 0.3) is 0 Å². The van der Waals surface area contributed by atoms with Crippen molar-refractivity contribution in [3.63, 3.8) is 0 Å². The Labute approximate surface area is 189 Å². The molecule has 156 valence electrons. The molecule has 0 aliphatic heterocycles. The molecule has 6 nitrogen and oxygen atoms in total. The number of hydrogen-bond acceptors (Lipinski definition) is 7. The number of carbonyl (C=O) groups excluding carboxylic acids is 1. The van der Waals surface area contributed by atoms with Crippen molar-refractivity contribution < 1.29 is 4.79 Å². The van der Waals surface area contributed by atoms with Gasteiger partial charge in [-0.25, -0.2) is 4.98 Å². The van der Waals surface area contributed by atoms with E-state index in [-0.39, 0.29) is 11.7 Å². The summed E-state index contributed by atoms with van der Waals surface area (Å²) in [5, 5.41) is 13.2. The van der Waals surface area contributed by atoms with Crippen LogP contribution in [0.25, 0.3) is 21.1 Å². The van der Waals surface area contributed by atoms with Crippen LogP contribution in [0.15, 0.2) is 59.9 Å². The normalized spacial score (nSPS) is 10.8. The van der Waals surface area contributed by atoms with Crippen molar-refractivity contribution in [2.24, 2.45) is 0 Å². The molecule has 3 aromatic heterocycles. The highest BCUT2D eigenvalue weighted by Gasteiger charge is 2.14. The molecule has 0 bridgehead atoms. The van der Waals surface area contributed by atoms with Gasteiger partial charge in [0, 0.05) is 23.6 Å². The molecule has 1 N–H and O–H groups in total. The number of carbonyl (C=O) groups is 1. The van der Waals surface area contributed by atoms with Gasteiger partial charge in [-0.15, -0.1) is 21.5 Å². The second kappa shape index (κ2) is 9.36. The highest BCUT2D eigenvalue weighted by Crippen LogP contribution is 2.34. The Morgan fingerprint density at radius 3 is 2.68 bits per heavy atom. The molecule has 1 aromatic carbocycles. The van der Waals surface area contributed by atoms with Crippen molar-refractivity contribution in [3.05, 3.63) is 71.7 Å². The lowest BCUT2D eigenvalue weighted by Crippen LogP contribution is -2.15. The topological polar surface area (TPSA) is 80.7 Å². The molecule has 0 spiro atoms. The molecule has 0 aliphatic carbocycles. The number of aryl methyl sites for hydroxylation is 3. The zero-order valence-corrected chi connectivity index (χ0v) is 19.0. The van der Waals surface area contributed by atoms with Crippen molar-refractivity contribution in [2.75, 3.05) is 11.1 Å². The molecular weight excluding hydrogens is 426 g/mol. The van der Waals surface area contributed by atoms with Crippen molar-refractivity contribution in [1.29, 1.82) is 0 Å². The van der Waals surface area contributed by atoms with E-state index in [2.05, 4.69) is 25.5 Å². The first-order chi connectivity index (χ1) is 15.0. The molecular formula is C23H21N5OS2. The number of pyridine rings is 1. The van der Waals surface area contributed by atoms with Crippen LogP contribution in [0.3, 0.4) is 0 Å². The average molecular weight is 448 g/mol. The minimum absolute atomic E-state index is 0.0674. The molecule has 4 rings (SSSR count). The third kappa shape index (κ3) is 5.15. The summed E-state index contributed by atoms with van der Waals surface area (Å²) in [5.41, 5.74) is 5.72. The van der Waals surface area contributed by atoms with Gasteiger partial charge >= 0.3 is 0 Å². The van der Waals surface area contributed by atoms with Crippen LogP contribution < -0.4 is 5.32 Å². The Hall–Kier alpha value is -3.10. The molecule has 3 heterocycles. The predicted molar refractivity (Wildman–Crippen MR) is 126 cm³/mol. The number of benzene rings is 1. The first kappa shape index (κ1) is 21.1. The Kier molecular flexibility index (Phi) is 6.39. The van der Waals surface area contributed by atoms with Crippen LogP contribution in [-0.2, 0) is 4.79 Å². The molecule has 31 heavy (non-hydrogen) atoms. The lowest BCUT2D eigenvalue weighted by molar-refractivity contribution is -0.113. The maximum Gasteiger partial charge on any atom is 0.234 e. The standard InChI is InChI=1S/C23H21N5OS2/c1-14-6-7-18(15(2)11-14)26-20(29)13-30-21-9-8-19(27-28-21)22-16(3)25-23(31-22)17-5-4-10-24-12-17/h4-12H,13H2,1-3H3,(H,26,29). The van der Waals surface area contributed by atoms with Gasteiger partial charge in [-0.1, -0.05) is 29.5 Å². The summed E-state index contributed by atoms with van der Waals surface area (Å²) in [5.74, 6) is 0.203. The third-order valence-corrected chi connectivity index (χ3v) is 6.73. The number of thioether (sulfide) groups is 1. The van der Waals surface area contributed by atoms with Gasteiger partial charge in [-0.2, -0.15) is 0 Å². The van der Waals surface area contributed by atoms with Gasteiger partial charge < -0.3 is 5.32 Å². The number of aromatic nitrogens is 4. The predicted octanol–water partition coefficient (Wildman–Crippen LogP) is 5.32. The minimum Gasteiger partial charge on any atom is -0.325 e. The maximum absolute atomic E-state index is 12.3. The lowest BCUT2D eigenvalue weighted by atomic mass is 10.1. The number of thiazole rings is 1. The largest absolute Gasteiger partial charge is 0.325 e. The highest BCUT2D eigenvalue weighted by atomic mass is 32.2. The number of rotatable bonds is 6. The van der Waals surface area contributed by atoms with E-state index in [0.29, 0.717) is 5.03 Å². The van der Waals surface area contributed by atoms with Crippen LogP contribution in [0, 0.1) is 20.8 Å². The van der Waals surface area contributed by atoms with E-state index in [9.17, 15) is 4.79 Å². The number of hydrogen-bond donors (Lipinski definition) is 1. The molecule has 8 heteroatoms. The monoisotopic (exact) mass is 447 g/mol. The van der Waals surface area contributed by atoms with Crippen molar-refractivity contribution in [1.82, 2.24) is 20.2 Å². The summed E-state index contributed by atoms with van der Waals surface area (Å²) >= 11 is 2.93. The highest BCUT2D eigenvalue weighted by molar-refractivity contribution is 7.99. The number of nitrogens with one attached hydrogen (secondary N) is 1. The molecule has 1 amide bonds. The fourth-order valence-corrected chi connectivity index (χ4v) is 4.68. The zero-order chi connectivity index (χ0) is 21.8. The quantitative estimate of drug-likeness (QED) is 0.403. The van der Waals surface area contributed by atoms with Crippen LogP contribution in [0.4, 0.5) is 5.69 Å². The first-order valence-electron chi connectivity index (χ1n) is 9.71. The lowest BCUT2D eigenvalue weighted by Gasteiger charge is -2.08. The van der Waals surface area contributed by atoms with Crippen LogP contribution in [0.5, 0.6) is 0 Å². The Balaban J connectivity index is 1.39. The summed E-state index contributed by atoms with van der Waals surface area (Å²) in [6.07, 6.45) is 3.55. The molecule has 0 unspecified atom stereocenters. The van der Waals surface area contributed by atoms with Gasteiger partial charge in [0.15, 0.2) is 0 Å². The van der Waals surface area contributed by atoms with Crippen molar-refractivity contribution in [2.45, 2.75) is 25.8 Å². The van der Waals surface area contributed by atoms with E-state index in [1.807, 2.05) is 63.2 Å². The smallest absolute Gasteiger partial charge is 0.234 e. The van der Waals surface area contributed by atoms with Crippen LogP contribution >= 0.6 is 23.1 Å². The van der Waals surface area contributed by atoms with E-state index in [4.69, 9.17) is 0 Å². The van der Waals surface area contributed by atoms with Crippen molar-refractivity contribution >= 4 is 34.7 Å². The number of nitrogens with zero attached hydrogens (tertiary/aromatic N) is 4. The Morgan fingerprint density at radius 1 is 1.10 bits per heavy atom. The summed E-state index contributed by atoms with van der Waals surface area (Å²) in [4.78, 5) is 22.1.